The fourth-order valence-corrected chi connectivity index (χ4v) is 2.09. The predicted molar refractivity (Wildman–Crippen MR) is 71.1 cm³/mol. The van der Waals surface area contributed by atoms with Gasteiger partial charge < -0.3 is 0 Å². The first-order chi connectivity index (χ1) is 8.04. The summed E-state index contributed by atoms with van der Waals surface area (Å²) in [6.07, 6.45) is 11.3. The van der Waals surface area contributed by atoms with E-state index in [1.165, 1.54) is 44.9 Å². The van der Waals surface area contributed by atoms with E-state index in [0.29, 0.717) is 6.54 Å². The fraction of sp³-hybridized carbons (Fsp3) is 1.00. The summed E-state index contributed by atoms with van der Waals surface area (Å²) in [4.78, 5) is -0.823. The molecule has 0 heterocycles. The normalized spacial score (nSPS) is 13.9. The Balaban J connectivity index is 3.34. The molecule has 0 aromatic rings. The number of hydrogen-bond donors (Lipinski definition) is 2. The first-order valence-corrected chi connectivity index (χ1v) is 7.37. The van der Waals surface area contributed by atoms with Crippen molar-refractivity contribution in [2.45, 2.75) is 84.6 Å². The van der Waals surface area contributed by atoms with Gasteiger partial charge in [0, 0.05) is 6.42 Å². The van der Waals surface area contributed by atoms with Gasteiger partial charge in [0.25, 0.3) is 0 Å². The Morgan fingerprint density at radius 1 is 0.824 bits per heavy atom. The zero-order valence-corrected chi connectivity index (χ0v) is 12.0. The summed E-state index contributed by atoms with van der Waals surface area (Å²) in [6, 6.07) is -0.0694. The first kappa shape index (κ1) is 16.9. The Morgan fingerprint density at radius 3 is 1.76 bits per heavy atom. The highest BCUT2D eigenvalue weighted by Crippen LogP contribution is 2.15. The van der Waals surface area contributed by atoms with Crippen molar-refractivity contribution < 1.29 is 15.2 Å². The highest BCUT2D eigenvalue weighted by molar-refractivity contribution is 4.51. The first-order valence-electron chi connectivity index (χ1n) is 7.37. The molecule has 0 amide bonds. The topological polar surface area (TPSA) is 40.5 Å². The van der Waals surface area contributed by atoms with Crippen LogP contribution in [0.1, 0.15) is 78.6 Å². The second-order valence-corrected chi connectivity index (χ2v) is 5.21. The minimum Gasteiger partial charge on any atom is -0.182 e. The molecule has 2 N–H and O–H groups in total. The summed E-state index contributed by atoms with van der Waals surface area (Å²) < 4.78 is 0. The third kappa shape index (κ3) is 8.58. The number of hydrogen-bond acceptors (Lipinski definition) is 2. The van der Waals surface area contributed by atoms with E-state index in [1.807, 2.05) is 6.92 Å². The molecule has 3 nitrogen and oxygen atoms in total. The monoisotopic (exact) mass is 246 g/mol. The van der Waals surface area contributed by atoms with Crippen LogP contribution in [0.2, 0.25) is 0 Å². The third-order valence-corrected chi connectivity index (χ3v) is 3.65. The highest BCUT2D eigenvalue weighted by Gasteiger charge is 2.28. The van der Waals surface area contributed by atoms with Gasteiger partial charge in [0.1, 0.15) is 12.6 Å². The number of unbranched alkanes of at least 4 members (excludes halogenated alkanes) is 7. The number of hydroxylamine groups is 4. The van der Waals surface area contributed by atoms with Gasteiger partial charge in [0.15, 0.2) is 0 Å². The quantitative estimate of drug-likeness (QED) is 0.320. The maximum absolute atomic E-state index is 9.58. The maximum Gasteiger partial charge on any atom is 0.149 e. The van der Waals surface area contributed by atoms with E-state index in [4.69, 9.17) is 0 Å². The second kappa shape index (κ2) is 9.86. The molecule has 0 aliphatic rings. The van der Waals surface area contributed by atoms with E-state index in [-0.39, 0.29) is 6.04 Å². The Morgan fingerprint density at radius 2 is 1.29 bits per heavy atom. The van der Waals surface area contributed by atoms with Crippen LogP contribution in [0.5, 0.6) is 0 Å². The third-order valence-electron chi connectivity index (χ3n) is 3.65. The average molecular weight is 246 g/mol. The van der Waals surface area contributed by atoms with Crippen LogP contribution in [-0.4, -0.2) is 27.8 Å². The van der Waals surface area contributed by atoms with Gasteiger partial charge in [-0.2, -0.15) is 10.4 Å². The van der Waals surface area contributed by atoms with Crippen LogP contribution in [0, 0.1) is 0 Å². The van der Waals surface area contributed by atoms with Crippen molar-refractivity contribution in [1.29, 1.82) is 0 Å². The molecule has 0 spiro atoms. The SMILES string of the molecule is CCCCCCCCCCC(C)[N+](O)(O)CC. The molecular formula is C14H32NO2+. The largest absolute Gasteiger partial charge is 0.182 e. The van der Waals surface area contributed by atoms with Crippen LogP contribution in [-0.2, 0) is 0 Å². The van der Waals surface area contributed by atoms with E-state index in [2.05, 4.69) is 6.92 Å². The Labute approximate surface area is 107 Å². The number of rotatable bonds is 11. The van der Waals surface area contributed by atoms with Crippen molar-refractivity contribution >= 4 is 0 Å². The van der Waals surface area contributed by atoms with Crippen LogP contribution in [0.4, 0.5) is 0 Å². The fourth-order valence-electron chi connectivity index (χ4n) is 2.09. The zero-order valence-electron chi connectivity index (χ0n) is 12.0. The van der Waals surface area contributed by atoms with Crippen LogP contribution in [0.25, 0.3) is 0 Å². The van der Waals surface area contributed by atoms with Crippen molar-refractivity contribution in [3.05, 3.63) is 0 Å². The lowest BCUT2D eigenvalue weighted by molar-refractivity contribution is -1.26. The van der Waals surface area contributed by atoms with Gasteiger partial charge in [-0.1, -0.05) is 51.9 Å². The molecule has 0 saturated heterocycles. The number of nitrogens with zero attached hydrogens (tertiary/aromatic N) is 1. The summed E-state index contributed by atoms with van der Waals surface area (Å²) in [5.74, 6) is 0. The standard InChI is InChI=1S/C14H32NO2/c1-4-6-7-8-9-10-11-12-13-14(3)15(16,17)5-2/h14,16-17H,4-13H2,1-3H3/q+1. The number of quaternary nitrogens is 1. The van der Waals surface area contributed by atoms with Gasteiger partial charge in [-0.15, -0.1) is 0 Å². The van der Waals surface area contributed by atoms with E-state index >= 15 is 0 Å². The smallest absolute Gasteiger partial charge is 0.149 e. The van der Waals surface area contributed by atoms with Gasteiger partial charge in [-0.05, 0) is 25.1 Å². The van der Waals surface area contributed by atoms with E-state index in [0.717, 1.165) is 12.8 Å². The molecule has 0 saturated carbocycles. The van der Waals surface area contributed by atoms with Crippen molar-refractivity contribution in [1.82, 2.24) is 0 Å². The van der Waals surface area contributed by atoms with Crippen LogP contribution < -0.4 is 0 Å². The Bertz CT molecular complexity index is 172. The molecule has 0 bridgehead atoms. The molecule has 0 aromatic heterocycles. The molecule has 0 aromatic carbocycles. The Hall–Kier alpha value is -0.120. The minimum absolute atomic E-state index is 0.0694. The zero-order chi connectivity index (χ0) is 13.1. The maximum atomic E-state index is 9.58. The lowest BCUT2D eigenvalue weighted by Crippen LogP contribution is -2.48. The predicted octanol–water partition coefficient (Wildman–Crippen LogP) is 4.52. The summed E-state index contributed by atoms with van der Waals surface area (Å²) in [7, 11) is 0. The lowest BCUT2D eigenvalue weighted by atomic mass is 10.1. The lowest BCUT2D eigenvalue weighted by Gasteiger charge is -2.26. The van der Waals surface area contributed by atoms with E-state index < -0.39 is 4.81 Å². The van der Waals surface area contributed by atoms with E-state index in [9.17, 15) is 10.4 Å². The van der Waals surface area contributed by atoms with Crippen molar-refractivity contribution in [3.63, 3.8) is 0 Å². The Kier molecular flexibility index (Phi) is 9.79. The van der Waals surface area contributed by atoms with Crippen molar-refractivity contribution in [2.24, 2.45) is 0 Å². The van der Waals surface area contributed by atoms with Gasteiger partial charge >= 0.3 is 0 Å². The molecule has 104 valence electrons. The molecule has 0 aliphatic heterocycles. The van der Waals surface area contributed by atoms with Gasteiger partial charge in [0.2, 0.25) is 0 Å². The van der Waals surface area contributed by atoms with E-state index in [1.54, 1.807) is 6.92 Å². The molecule has 1 unspecified atom stereocenters. The average Bonchev–Trinajstić information content (AvgIpc) is 2.32. The summed E-state index contributed by atoms with van der Waals surface area (Å²) >= 11 is 0. The summed E-state index contributed by atoms with van der Waals surface area (Å²) in [5, 5.41) is 19.2. The highest BCUT2D eigenvalue weighted by atomic mass is 16.8. The molecule has 17 heavy (non-hydrogen) atoms. The molecule has 0 aliphatic carbocycles. The summed E-state index contributed by atoms with van der Waals surface area (Å²) in [6.45, 7) is 6.30. The van der Waals surface area contributed by atoms with Crippen LogP contribution in [0.15, 0.2) is 0 Å². The minimum atomic E-state index is -0.823. The summed E-state index contributed by atoms with van der Waals surface area (Å²) in [5.41, 5.74) is 0. The second-order valence-electron chi connectivity index (χ2n) is 5.21. The van der Waals surface area contributed by atoms with Crippen LogP contribution in [0.3, 0.4) is 0 Å². The molecule has 0 radical (unpaired) electrons. The van der Waals surface area contributed by atoms with Gasteiger partial charge in [-0.3, -0.25) is 0 Å². The molecule has 0 rings (SSSR count). The molecule has 1 atom stereocenters. The van der Waals surface area contributed by atoms with Gasteiger partial charge in [-0.25, -0.2) is 0 Å². The molecule has 3 heteroatoms. The molecular weight excluding hydrogens is 214 g/mol. The van der Waals surface area contributed by atoms with Crippen molar-refractivity contribution in [3.8, 4) is 0 Å². The van der Waals surface area contributed by atoms with Crippen molar-refractivity contribution in [2.75, 3.05) is 6.54 Å². The van der Waals surface area contributed by atoms with Crippen LogP contribution >= 0.6 is 0 Å². The molecule has 0 fully saturated rings. The van der Waals surface area contributed by atoms with Gasteiger partial charge in [0.05, 0.1) is 0 Å².